The molecule has 0 spiro atoms. The van der Waals surface area contributed by atoms with Gasteiger partial charge in [-0.1, -0.05) is 141 Å². The summed E-state index contributed by atoms with van der Waals surface area (Å²) < 4.78 is 10.7. The molecule has 2 aromatic carbocycles. The number of hydrogen-bond acceptors (Lipinski definition) is 12. The van der Waals surface area contributed by atoms with Crippen LogP contribution in [0.4, 0.5) is 0 Å². The van der Waals surface area contributed by atoms with Crippen LogP contribution in [-0.4, -0.2) is 82.0 Å². The maximum Gasteiger partial charge on any atom is 0.306 e. The van der Waals surface area contributed by atoms with Crippen molar-refractivity contribution in [3.8, 4) is 11.5 Å². The Balaban J connectivity index is 1.38. The number of ether oxygens (including phenoxy) is 2. The summed E-state index contributed by atoms with van der Waals surface area (Å²) >= 11 is 2.93. The fourth-order valence-corrected chi connectivity index (χ4v) is 9.12. The summed E-state index contributed by atoms with van der Waals surface area (Å²) in [6.07, 6.45) is 23.6. The first-order valence-corrected chi connectivity index (χ1v) is 27.6. The van der Waals surface area contributed by atoms with Gasteiger partial charge in [0.15, 0.2) is 0 Å². The molecule has 0 aliphatic heterocycles. The number of phenols is 2. The Hall–Kier alpha value is -4.44. The zero-order valence-corrected chi connectivity index (χ0v) is 42.7. The first kappa shape index (κ1) is 59.7. The van der Waals surface area contributed by atoms with E-state index in [0.29, 0.717) is 49.1 Å². The summed E-state index contributed by atoms with van der Waals surface area (Å²) in [5, 5.41) is 20.7. The lowest BCUT2D eigenvalue weighted by Gasteiger charge is -2.13. The first-order chi connectivity index (χ1) is 33.1. The average molecular weight is 987 g/mol. The average Bonchev–Trinajstić information content (AvgIpc) is 3.32. The van der Waals surface area contributed by atoms with E-state index in [1.54, 1.807) is 12.1 Å². The van der Waals surface area contributed by atoms with Crippen LogP contribution in [0.1, 0.15) is 200 Å². The predicted molar refractivity (Wildman–Crippen MR) is 274 cm³/mol. The van der Waals surface area contributed by atoms with Crippen molar-refractivity contribution in [1.29, 1.82) is 0 Å². The molecule has 16 heteroatoms. The Morgan fingerprint density at radius 3 is 1.16 bits per heavy atom. The minimum Gasteiger partial charge on any atom is -0.507 e. The third-order valence-corrected chi connectivity index (χ3v) is 13.3. The van der Waals surface area contributed by atoms with E-state index in [-0.39, 0.29) is 72.1 Å². The summed E-state index contributed by atoms with van der Waals surface area (Å²) in [5.74, 6) is -0.490. The molecule has 14 nitrogen and oxygen atoms in total. The number of unbranched alkanes of at least 4 members (excludes halogenated alkanes) is 17. The van der Waals surface area contributed by atoms with Gasteiger partial charge in [0.05, 0.1) is 37.2 Å². The normalized spacial score (nSPS) is 10.9. The van der Waals surface area contributed by atoms with E-state index in [2.05, 4.69) is 35.6 Å². The summed E-state index contributed by atoms with van der Waals surface area (Å²) in [5.41, 5.74) is 11.6. The second kappa shape index (κ2) is 39.4. The lowest BCUT2D eigenvalue weighted by molar-refractivity contribution is -0.144. The van der Waals surface area contributed by atoms with Gasteiger partial charge in [-0.3, -0.25) is 50.5 Å². The molecular weight excluding hydrogens is 905 g/mol. The molecule has 4 amide bonds. The molecule has 0 aliphatic rings. The molecule has 0 heterocycles. The Morgan fingerprint density at radius 2 is 0.779 bits per heavy atom. The molecule has 0 radical (unpaired) electrons. The molecule has 0 aromatic heterocycles. The first-order valence-electron chi connectivity index (χ1n) is 25.3. The number of aryl methyl sites for hydroxylation is 2. The zero-order chi connectivity index (χ0) is 49.5. The van der Waals surface area contributed by atoms with E-state index in [1.807, 2.05) is 12.1 Å². The number of benzene rings is 2. The minimum absolute atomic E-state index is 0.112. The fourth-order valence-electron chi connectivity index (χ4n) is 7.43. The summed E-state index contributed by atoms with van der Waals surface area (Å²) in [7, 11) is 0. The van der Waals surface area contributed by atoms with Crippen molar-refractivity contribution in [2.24, 2.45) is 0 Å². The number of thioether (sulfide) groups is 2. The lowest BCUT2D eigenvalue weighted by atomic mass is 9.99. The van der Waals surface area contributed by atoms with Crippen LogP contribution in [-0.2, 0) is 41.5 Å². The fraction of sp³-hybridized carbons (Fsp3) is 0.654. The second-order valence-corrected chi connectivity index (χ2v) is 19.6. The number of hydrogen-bond donors (Lipinski definition) is 6. The lowest BCUT2D eigenvalue weighted by Crippen LogP contribution is -2.42. The summed E-state index contributed by atoms with van der Waals surface area (Å²) in [4.78, 5) is 74.5. The van der Waals surface area contributed by atoms with Crippen LogP contribution in [0, 0.1) is 0 Å². The molecule has 0 bridgehead atoms. The molecule has 0 unspecified atom stereocenters. The topological polar surface area (TPSA) is 209 Å². The highest BCUT2D eigenvalue weighted by Crippen LogP contribution is 2.24. The van der Waals surface area contributed by atoms with Crippen LogP contribution in [0.3, 0.4) is 0 Å². The molecule has 2 rings (SSSR count). The number of aromatic hydroxyl groups is 2. The van der Waals surface area contributed by atoms with Gasteiger partial charge in [0.2, 0.25) is 11.8 Å². The highest BCUT2D eigenvalue weighted by molar-refractivity contribution is 7.99. The highest BCUT2D eigenvalue weighted by Gasteiger charge is 2.18. The van der Waals surface area contributed by atoms with Gasteiger partial charge in [0, 0.05) is 35.9 Å². The van der Waals surface area contributed by atoms with Gasteiger partial charge < -0.3 is 19.7 Å². The summed E-state index contributed by atoms with van der Waals surface area (Å²) in [6, 6.07) is 10.1. The number of carbonyl (C=O) groups excluding carboxylic acids is 6. The molecule has 0 fully saturated rings. The van der Waals surface area contributed by atoms with Crippen LogP contribution < -0.4 is 21.7 Å². The Labute approximate surface area is 414 Å². The molecule has 6 N–H and O–H groups in total. The van der Waals surface area contributed by atoms with E-state index in [1.165, 1.54) is 74.2 Å². The molecule has 0 saturated heterocycles. The Bertz CT molecular complexity index is 1640. The molecule has 0 atom stereocenters. The molecule has 0 saturated carbocycles. The molecule has 2 aromatic rings. The Kier molecular flexibility index (Phi) is 34.6. The van der Waals surface area contributed by atoms with Crippen molar-refractivity contribution >= 4 is 59.1 Å². The summed E-state index contributed by atoms with van der Waals surface area (Å²) in [6.45, 7) is 5.14. The van der Waals surface area contributed by atoms with E-state index < -0.39 is 11.8 Å². The molecular formula is C52H82N4O10S2. The zero-order valence-electron chi connectivity index (χ0n) is 41.1. The van der Waals surface area contributed by atoms with Crippen molar-refractivity contribution in [3.63, 3.8) is 0 Å². The van der Waals surface area contributed by atoms with E-state index >= 15 is 0 Å². The van der Waals surface area contributed by atoms with Gasteiger partial charge in [-0.15, -0.1) is 0 Å². The van der Waals surface area contributed by atoms with Crippen LogP contribution in [0.2, 0.25) is 0 Å². The van der Waals surface area contributed by atoms with Gasteiger partial charge in [0.1, 0.15) is 11.5 Å². The van der Waals surface area contributed by atoms with Crippen molar-refractivity contribution in [1.82, 2.24) is 21.7 Å². The van der Waals surface area contributed by atoms with Gasteiger partial charge in [-0.2, -0.15) is 23.5 Å². The smallest absolute Gasteiger partial charge is 0.306 e. The van der Waals surface area contributed by atoms with Crippen LogP contribution in [0.5, 0.6) is 11.5 Å². The van der Waals surface area contributed by atoms with Gasteiger partial charge in [0.25, 0.3) is 11.8 Å². The maximum absolute atomic E-state index is 12.8. The second-order valence-electron chi connectivity index (χ2n) is 17.2. The number of nitrogens with one attached hydrogen (secondary N) is 4. The monoisotopic (exact) mass is 987 g/mol. The number of phenolic OH excluding ortho intramolecular Hbond substituents is 2. The van der Waals surface area contributed by atoms with Crippen molar-refractivity contribution in [2.45, 2.75) is 181 Å². The van der Waals surface area contributed by atoms with Gasteiger partial charge >= 0.3 is 11.9 Å². The van der Waals surface area contributed by atoms with E-state index in [0.717, 1.165) is 101 Å². The quantitative estimate of drug-likeness (QED) is 0.0210. The molecule has 382 valence electrons. The van der Waals surface area contributed by atoms with Crippen LogP contribution in [0.25, 0.3) is 0 Å². The minimum atomic E-state index is -0.547. The standard InChI is InChI=1S/C52H82N4O10S2/c1-3-5-7-9-15-19-25-41-27-23-29-43(57)49(41)51(63)55-53-45(59)31-37-67-39-33-47(61)65-35-21-17-13-11-12-14-18-22-36-66-48(62)34-40-68-38-32-46(60)54-56-52(64)50-42(28-24-30-44(50)58)26-20-16-10-8-6-4-2/h23-24,27-30,57-58H,3-22,25-26,31-40H2,1-2H3,(H,53,59)(H,54,60)(H,55,63)(H,56,64). The number of esters is 2. The van der Waals surface area contributed by atoms with Crippen molar-refractivity contribution in [3.05, 3.63) is 58.7 Å². The van der Waals surface area contributed by atoms with Crippen molar-refractivity contribution < 1.29 is 48.5 Å². The van der Waals surface area contributed by atoms with Gasteiger partial charge in [-0.25, -0.2) is 0 Å². The largest absolute Gasteiger partial charge is 0.507 e. The van der Waals surface area contributed by atoms with E-state index in [9.17, 15) is 39.0 Å². The van der Waals surface area contributed by atoms with E-state index in [4.69, 9.17) is 9.47 Å². The molecule has 0 aliphatic carbocycles. The third-order valence-electron chi connectivity index (χ3n) is 11.4. The van der Waals surface area contributed by atoms with Gasteiger partial charge in [-0.05, 0) is 61.8 Å². The van der Waals surface area contributed by atoms with Crippen LogP contribution >= 0.6 is 23.5 Å². The third kappa shape index (κ3) is 28.8. The van der Waals surface area contributed by atoms with Crippen LogP contribution in [0.15, 0.2) is 36.4 Å². The number of amides is 4. The molecule has 68 heavy (non-hydrogen) atoms. The Morgan fingerprint density at radius 1 is 0.441 bits per heavy atom. The highest BCUT2D eigenvalue weighted by atomic mass is 32.2. The maximum atomic E-state index is 12.8. The SMILES string of the molecule is CCCCCCCCc1cccc(O)c1C(=O)NNC(=O)CCSCCC(=O)OCCCCCCCCCCOC(=O)CCSCCC(=O)NNC(=O)c1c(O)cccc1CCCCCCCC. The number of carbonyl (C=O) groups is 6. The predicted octanol–water partition coefficient (Wildman–Crippen LogP) is 10.4. The number of hydrazine groups is 2. The van der Waals surface area contributed by atoms with Crippen molar-refractivity contribution in [2.75, 3.05) is 36.2 Å². The number of rotatable bonds is 39.